The van der Waals surface area contributed by atoms with E-state index in [1.165, 1.54) is 6.42 Å². The number of carbonyl (C=O) groups is 3. The van der Waals surface area contributed by atoms with Crippen LogP contribution in [0.25, 0.3) is 0 Å². The molecule has 1 heterocycles. The van der Waals surface area contributed by atoms with E-state index in [2.05, 4.69) is 5.32 Å². The zero-order valence-corrected chi connectivity index (χ0v) is 15.8. The minimum Gasteiger partial charge on any atom is -0.481 e. The fourth-order valence-electron chi connectivity index (χ4n) is 4.22. The minimum absolute atomic E-state index is 0.0372. The Balaban J connectivity index is 1.63. The molecule has 1 aliphatic carbocycles. The van der Waals surface area contributed by atoms with E-state index in [-0.39, 0.29) is 23.7 Å². The van der Waals surface area contributed by atoms with Crippen LogP contribution in [0.1, 0.15) is 55.8 Å². The van der Waals surface area contributed by atoms with E-state index in [1.807, 2.05) is 6.92 Å². The molecule has 1 aromatic carbocycles. The second kappa shape index (κ2) is 8.55. The molecule has 2 fully saturated rings. The number of aliphatic carboxylic acids is 1. The molecule has 2 amide bonds. The van der Waals surface area contributed by atoms with Crippen molar-refractivity contribution in [3.05, 3.63) is 29.8 Å². The number of nitrogens with zero attached hydrogens (tertiary/aromatic N) is 1. The van der Waals surface area contributed by atoms with Gasteiger partial charge in [-0.15, -0.1) is 0 Å². The van der Waals surface area contributed by atoms with Gasteiger partial charge in [0, 0.05) is 30.3 Å². The summed E-state index contributed by atoms with van der Waals surface area (Å²) in [7, 11) is 0. The number of amides is 2. The molecule has 6 nitrogen and oxygen atoms in total. The third-order valence-electron chi connectivity index (χ3n) is 5.86. The summed E-state index contributed by atoms with van der Waals surface area (Å²) in [4.78, 5) is 38.2. The summed E-state index contributed by atoms with van der Waals surface area (Å²) in [5, 5.41) is 12.2. The van der Waals surface area contributed by atoms with Gasteiger partial charge in [0.25, 0.3) is 5.91 Å². The first-order chi connectivity index (χ1) is 13.0. The predicted octanol–water partition coefficient (Wildman–Crippen LogP) is 3.39. The zero-order valence-electron chi connectivity index (χ0n) is 15.8. The summed E-state index contributed by atoms with van der Waals surface area (Å²) in [6, 6.07) is 7.04. The van der Waals surface area contributed by atoms with E-state index in [1.54, 1.807) is 29.2 Å². The van der Waals surface area contributed by atoms with Crippen molar-refractivity contribution < 1.29 is 19.5 Å². The van der Waals surface area contributed by atoms with Crippen LogP contribution in [0.4, 0.5) is 5.69 Å². The Labute approximate surface area is 159 Å². The van der Waals surface area contributed by atoms with Gasteiger partial charge in [0.05, 0.1) is 5.92 Å². The highest BCUT2D eigenvalue weighted by Gasteiger charge is 2.33. The van der Waals surface area contributed by atoms with Crippen LogP contribution in [-0.2, 0) is 9.59 Å². The topological polar surface area (TPSA) is 86.7 Å². The maximum atomic E-state index is 12.8. The van der Waals surface area contributed by atoms with Crippen LogP contribution in [0.2, 0.25) is 0 Å². The van der Waals surface area contributed by atoms with Crippen molar-refractivity contribution >= 4 is 23.5 Å². The molecule has 2 unspecified atom stereocenters. The molecule has 2 aliphatic rings. The highest BCUT2D eigenvalue weighted by atomic mass is 16.4. The molecule has 0 radical (unpaired) electrons. The maximum absolute atomic E-state index is 12.8. The van der Waals surface area contributed by atoms with Gasteiger partial charge in [-0.3, -0.25) is 14.4 Å². The van der Waals surface area contributed by atoms with E-state index >= 15 is 0 Å². The number of benzene rings is 1. The Kier molecular flexibility index (Phi) is 6.14. The predicted molar refractivity (Wildman–Crippen MR) is 102 cm³/mol. The Morgan fingerprint density at radius 3 is 2.52 bits per heavy atom. The minimum atomic E-state index is -0.790. The second-order valence-electron chi connectivity index (χ2n) is 7.87. The van der Waals surface area contributed by atoms with Crippen LogP contribution in [0, 0.1) is 17.8 Å². The van der Waals surface area contributed by atoms with Crippen molar-refractivity contribution in [2.24, 2.45) is 17.8 Å². The number of rotatable bonds is 4. The fourth-order valence-corrected chi connectivity index (χ4v) is 4.22. The molecule has 1 saturated heterocycles. The molecular formula is C21H28N2O4. The lowest BCUT2D eigenvalue weighted by molar-refractivity contribution is -0.145. The summed E-state index contributed by atoms with van der Waals surface area (Å²) in [5.41, 5.74) is 1.17. The number of nitrogens with one attached hydrogen (secondary N) is 1. The van der Waals surface area contributed by atoms with Gasteiger partial charge in [0.2, 0.25) is 5.91 Å². The number of hydrogen-bond acceptors (Lipinski definition) is 3. The van der Waals surface area contributed by atoms with Gasteiger partial charge in [0.15, 0.2) is 0 Å². The summed E-state index contributed by atoms with van der Waals surface area (Å²) >= 11 is 0. The van der Waals surface area contributed by atoms with Gasteiger partial charge in [-0.05, 0) is 43.4 Å². The van der Waals surface area contributed by atoms with Crippen LogP contribution in [0.5, 0.6) is 0 Å². The number of likely N-dealkylation sites (tertiary alicyclic amines) is 1. The highest BCUT2D eigenvalue weighted by Crippen LogP contribution is 2.27. The van der Waals surface area contributed by atoms with E-state index in [0.29, 0.717) is 30.8 Å². The number of carboxylic acid groups (broad SMARTS) is 1. The number of piperidine rings is 1. The molecule has 1 aromatic rings. The molecule has 6 heteroatoms. The quantitative estimate of drug-likeness (QED) is 0.848. The Hall–Kier alpha value is -2.37. The van der Waals surface area contributed by atoms with E-state index in [9.17, 15) is 19.5 Å². The molecule has 1 saturated carbocycles. The molecule has 0 bridgehead atoms. The molecule has 2 atom stereocenters. The van der Waals surface area contributed by atoms with E-state index in [0.717, 1.165) is 25.7 Å². The van der Waals surface area contributed by atoms with Crippen LogP contribution in [0.15, 0.2) is 24.3 Å². The number of carboxylic acids is 1. The van der Waals surface area contributed by atoms with Crippen molar-refractivity contribution in [2.75, 3.05) is 18.4 Å². The molecule has 0 aromatic heterocycles. The Morgan fingerprint density at radius 1 is 1.11 bits per heavy atom. The van der Waals surface area contributed by atoms with Crippen LogP contribution < -0.4 is 5.32 Å². The van der Waals surface area contributed by atoms with Gasteiger partial charge in [-0.25, -0.2) is 0 Å². The second-order valence-corrected chi connectivity index (χ2v) is 7.87. The summed E-state index contributed by atoms with van der Waals surface area (Å²) in [5.74, 6) is -1.27. The van der Waals surface area contributed by atoms with Gasteiger partial charge in [-0.2, -0.15) is 0 Å². The standard InChI is InChI=1S/C21H28N2O4/c1-14-13-23(11-10-18(14)21(26)27)20(25)16-8-5-9-17(12-16)22-19(24)15-6-3-2-4-7-15/h5,8-9,12,14-15,18H,2-4,6-7,10-11,13H2,1H3,(H,22,24)(H,26,27). The normalized spacial score (nSPS) is 23.7. The maximum Gasteiger partial charge on any atom is 0.306 e. The lowest BCUT2D eigenvalue weighted by atomic mass is 9.87. The van der Waals surface area contributed by atoms with Crippen molar-refractivity contribution in [3.63, 3.8) is 0 Å². The van der Waals surface area contributed by atoms with Crippen molar-refractivity contribution in [3.8, 4) is 0 Å². The Bertz CT molecular complexity index is 712. The van der Waals surface area contributed by atoms with Gasteiger partial charge in [-0.1, -0.05) is 32.3 Å². The lowest BCUT2D eigenvalue weighted by Crippen LogP contribution is -2.45. The highest BCUT2D eigenvalue weighted by molar-refractivity contribution is 5.97. The molecule has 27 heavy (non-hydrogen) atoms. The monoisotopic (exact) mass is 372 g/mol. The Morgan fingerprint density at radius 2 is 1.85 bits per heavy atom. The van der Waals surface area contributed by atoms with Gasteiger partial charge in [0.1, 0.15) is 0 Å². The molecule has 3 rings (SSSR count). The number of hydrogen-bond donors (Lipinski definition) is 2. The fraction of sp³-hybridized carbons (Fsp3) is 0.571. The van der Waals surface area contributed by atoms with Crippen LogP contribution >= 0.6 is 0 Å². The number of carbonyl (C=O) groups excluding carboxylic acids is 2. The van der Waals surface area contributed by atoms with Gasteiger partial charge < -0.3 is 15.3 Å². The average Bonchev–Trinajstić information content (AvgIpc) is 2.68. The zero-order chi connectivity index (χ0) is 19.4. The smallest absolute Gasteiger partial charge is 0.306 e. The van der Waals surface area contributed by atoms with E-state index < -0.39 is 11.9 Å². The first-order valence-corrected chi connectivity index (χ1v) is 9.88. The number of anilines is 1. The van der Waals surface area contributed by atoms with Crippen molar-refractivity contribution in [1.29, 1.82) is 0 Å². The third-order valence-corrected chi connectivity index (χ3v) is 5.86. The molecule has 0 spiro atoms. The molecular weight excluding hydrogens is 344 g/mol. The van der Waals surface area contributed by atoms with Crippen LogP contribution in [0.3, 0.4) is 0 Å². The van der Waals surface area contributed by atoms with E-state index in [4.69, 9.17) is 0 Å². The summed E-state index contributed by atoms with van der Waals surface area (Å²) in [6.07, 6.45) is 5.73. The molecule has 1 aliphatic heterocycles. The lowest BCUT2D eigenvalue weighted by Gasteiger charge is -2.35. The molecule has 146 valence electrons. The first-order valence-electron chi connectivity index (χ1n) is 9.88. The average molecular weight is 372 g/mol. The summed E-state index contributed by atoms with van der Waals surface area (Å²) < 4.78 is 0. The largest absolute Gasteiger partial charge is 0.481 e. The van der Waals surface area contributed by atoms with Gasteiger partial charge >= 0.3 is 5.97 Å². The van der Waals surface area contributed by atoms with Crippen LogP contribution in [-0.4, -0.2) is 40.9 Å². The van der Waals surface area contributed by atoms with Crippen molar-refractivity contribution in [1.82, 2.24) is 4.90 Å². The third kappa shape index (κ3) is 4.67. The van der Waals surface area contributed by atoms with Crippen molar-refractivity contribution in [2.45, 2.75) is 45.4 Å². The molecule has 2 N–H and O–H groups in total. The summed E-state index contributed by atoms with van der Waals surface area (Å²) in [6.45, 7) is 2.76. The SMILES string of the molecule is CC1CN(C(=O)c2cccc(NC(=O)C3CCCCC3)c2)CCC1C(=O)O. The first kappa shape index (κ1) is 19.4.